The molecule has 1 atom stereocenters. The molecule has 2 heteroatoms. The standard InChI is InChI=1S/C13H25NO/c1-4-6-7-12(14-3)8-11-9-13(10-11)15-5-2/h4,11-14H,1,5-10H2,2-3H3. The van der Waals surface area contributed by atoms with E-state index < -0.39 is 0 Å². The summed E-state index contributed by atoms with van der Waals surface area (Å²) in [6, 6.07) is 0.663. The zero-order valence-corrected chi connectivity index (χ0v) is 10.2. The van der Waals surface area contributed by atoms with Crippen molar-refractivity contribution in [1.29, 1.82) is 0 Å². The van der Waals surface area contributed by atoms with E-state index >= 15 is 0 Å². The molecule has 1 unspecified atom stereocenters. The fraction of sp³-hybridized carbons (Fsp3) is 0.846. The Morgan fingerprint density at radius 1 is 1.53 bits per heavy atom. The Balaban J connectivity index is 2.10. The molecule has 0 spiro atoms. The predicted molar refractivity (Wildman–Crippen MR) is 65.0 cm³/mol. The molecule has 15 heavy (non-hydrogen) atoms. The summed E-state index contributed by atoms with van der Waals surface area (Å²) in [6.07, 6.45) is 8.72. The fourth-order valence-electron chi connectivity index (χ4n) is 2.34. The molecular weight excluding hydrogens is 186 g/mol. The first-order chi connectivity index (χ1) is 7.30. The van der Waals surface area contributed by atoms with Crippen LogP contribution in [0.1, 0.15) is 39.0 Å². The Hall–Kier alpha value is -0.340. The molecule has 0 bridgehead atoms. The third-order valence-corrected chi connectivity index (χ3v) is 3.34. The van der Waals surface area contributed by atoms with Gasteiger partial charge in [-0.2, -0.15) is 0 Å². The Labute approximate surface area is 94.1 Å². The van der Waals surface area contributed by atoms with Gasteiger partial charge < -0.3 is 10.1 Å². The average Bonchev–Trinajstić information content (AvgIpc) is 2.20. The minimum absolute atomic E-state index is 0.553. The van der Waals surface area contributed by atoms with E-state index in [0.29, 0.717) is 12.1 Å². The minimum Gasteiger partial charge on any atom is -0.378 e. The molecule has 2 nitrogen and oxygen atoms in total. The molecule has 1 N–H and O–H groups in total. The molecule has 0 amide bonds. The number of nitrogens with one attached hydrogen (secondary N) is 1. The Morgan fingerprint density at radius 3 is 2.80 bits per heavy atom. The zero-order chi connectivity index (χ0) is 11.1. The molecule has 0 aromatic carbocycles. The Bertz CT molecular complexity index is 175. The van der Waals surface area contributed by atoms with Crippen LogP contribution in [0.25, 0.3) is 0 Å². The van der Waals surface area contributed by atoms with Crippen molar-refractivity contribution < 1.29 is 4.74 Å². The van der Waals surface area contributed by atoms with Crippen molar-refractivity contribution in [3.05, 3.63) is 12.7 Å². The molecule has 1 fully saturated rings. The van der Waals surface area contributed by atoms with E-state index in [1.165, 1.54) is 25.7 Å². The van der Waals surface area contributed by atoms with E-state index in [1.807, 2.05) is 6.08 Å². The molecule has 0 radical (unpaired) electrons. The molecule has 1 aliphatic rings. The monoisotopic (exact) mass is 211 g/mol. The van der Waals surface area contributed by atoms with Gasteiger partial charge in [0.25, 0.3) is 0 Å². The number of hydrogen-bond acceptors (Lipinski definition) is 2. The van der Waals surface area contributed by atoms with Crippen molar-refractivity contribution in [2.75, 3.05) is 13.7 Å². The van der Waals surface area contributed by atoms with Gasteiger partial charge in [0.1, 0.15) is 0 Å². The maximum Gasteiger partial charge on any atom is 0.0580 e. The van der Waals surface area contributed by atoms with E-state index in [1.54, 1.807) is 0 Å². The van der Waals surface area contributed by atoms with Crippen LogP contribution < -0.4 is 5.32 Å². The molecule has 1 saturated carbocycles. The zero-order valence-electron chi connectivity index (χ0n) is 10.2. The van der Waals surface area contributed by atoms with Gasteiger partial charge >= 0.3 is 0 Å². The Kier molecular flexibility index (Phi) is 5.96. The van der Waals surface area contributed by atoms with Crippen molar-refractivity contribution in [2.24, 2.45) is 5.92 Å². The van der Waals surface area contributed by atoms with Crippen LogP contribution in [-0.2, 0) is 4.74 Å². The summed E-state index contributed by atoms with van der Waals surface area (Å²) in [6.45, 7) is 6.71. The molecule has 1 aliphatic carbocycles. The summed E-state index contributed by atoms with van der Waals surface area (Å²) in [7, 11) is 2.06. The van der Waals surface area contributed by atoms with Crippen molar-refractivity contribution in [2.45, 2.75) is 51.2 Å². The first kappa shape index (κ1) is 12.7. The SMILES string of the molecule is C=CCCC(CC1CC(OCC)C1)NC. The van der Waals surface area contributed by atoms with Crippen LogP contribution in [-0.4, -0.2) is 25.8 Å². The van der Waals surface area contributed by atoms with Gasteiger partial charge in [-0.1, -0.05) is 6.08 Å². The van der Waals surface area contributed by atoms with E-state index in [-0.39, 0.29) is 0 Å². The van der Waals surface area contributed by atoms with Gasteiger partial charge in [0.15, 0.2) is 0 Å². The highest BCUT2D eigenvalue weighted by Gasteiger charge is 2.30. The summed E-state index contributed by atoms with van der Waals surface area (Å²) in [4.78, 5) is 0. The van der Waals surface area contributed by atoms with Crippen molar-refractivity contribution in [3.63, 3.8) is 0 Å². The summed E-state index contributed by atoms with van der Waals surface area (Å²) in [5.74, 6) is 0.879. The second-order valence-electron chi connectivity index (χ2n) is 4.50. The van der Waals surface area contributed by atoms with Gasteiger partial charge in [0.05, 0.1) is 6.10 Å². The molecule has 0 saturated heterocycles. The lowest BCUT2D eigenvalue weighted by atomic mass is 9.77. The second kappa shape index (κ2) is 7.02. The van der Waals surface area contributed by atoms with Crippen molar-refractivity contribution in [1.82, 2.24) is 5.32 Å². The minimum atomic E-state index is 0.553. The fourth-order valence-corrected chi connectivity index (χ4v) is 2.34. The van der Waals surface area contributed by atoms with E-state index in [0.717, 1.165) is 18.9 Å². The predicted octanol–water partition coefficient (Wildman–Crippen LogP) is 2.75. The van der Waals surface area contributed by atoms with Gasteiger partial charge in [-0.05, 0) is 52.0 Å². The number of allylic oxidation sites excluding steroid dienone is 1. The van der Waals surface area contributed by atoms with Crippen LogP contribution in [0.4, 0.5) is 0 Å². The Morgan fingerprint density at radius 2 is 2.27 bits per heavy atom. The quantitative estimate of drug-likeness (QED) is 0.623. The maximum absolute atomic E-state index is 5.57. The number of rotatable bonds is 8. The molecule has 88 valence electrons. The second-order valence-corrected chi connectivity index (χ2v) is 4.50. The lowest BCUT2D eigenvalue weighted by Gasteiger charge is -2.37. The normalized spacial score (nSPS) is 27.1. The third-order valence-electron chi connectivity index (χ3n) is 3.34. The van der Waals surface area contributed by atoms with Gasteiger partial charge in [-0.15, -0.1) is 6.58 Å². The molecule has 0 heterocycles. The van der Waals surface area contributed by atoms with Crippen LogP contribution in [0.5, 0.6) is 0 Å². The highest BCUT2D eigenvalue weighted by molar-refractivity contribution is 4.84. The van der Waals surface area contributed by atoms with Crippen LogP contribution in [0.15, 0.2) is 12.7 Å². The van der Waals surface area contributed by atoms with Crippen LogP contribution in [0.3, 0.4) is 0 Å². The highest BCUT2D eigenvalue weighted by Crippen LogP contribution is 2.34. The van der Waals surface area contributed by atoms with Crippen molar-refractivity contribution >= 4 is 0 Å². The summed E-state index contributed by atoms with van der Waals surface area (Å²) in [5, 5.41) is 3.39. The van der Waals surface area contributed by atoms with Crippen LogP contribution in [0, 0.1) is 5.92 Å². The largest absolute Gasteiger partial charge is 0.378 e. The maximum atomic E-state index is 5.57. The smallest absolute Gasteiger partial charge is 0.0580 e. The van der Waals surface area contributed by atoms with E-state index in [2.05, 4.69) is 25.9 Å². The molecule has 0 aromatic rings. The first-order valence-electron chi connectivity index (χ1n) is 6.19. The van der Waals surface area contributed by atoms with Crippen LogP contribution >= 0.6 is 0 Å². The number of hydrogen-bond donors (Lipinski definition) is 1. The lowest BCUT2D eigenvalue weighted by Crippen LogP contribution is -2.37. The highest BCUT2D eigenvalue weighted by atomic mass is 16.5. The summed E-state index contributed by atoms with van der Waals surface area (Å²) in [5.41, 5.74) is 0. The topological polar surface area (TPSA) is 21.3 Å². The summed E-state index contributed by atoms with van der Waals surface area (Å²) >= 11 is 0. The lowest BCUT2D eigenvalue weighted by molar-refractivity contribution is -0.0290. The molecule has 0 aliphatic heterocycles. The van der Waals surface area contributed by atoms with Gasteiger partial charge in [0, 0.05) is 12.6 Å². The van der Waals surface area contributed by atoms with Gasteiger partial charge in [-0.25, -0.2) is 0 Å². The van der Waals surface area contributed by atoms with Crippen molar-refractivity contribution in [3.8, 4) is 0 Å². The molecule has 0 aromatic heterocycles. The van der Waals surface area contributed by atoms with Gasteiger partial charge in [-0.3, -0.25) is 0 Å². The first-order valence-corrected chi connectivity index (χ1v) is 6.19. The van der Waals surface area contributed by atoms with E-state index in [4.69, 9.17) is 4.74 Å². The molecule has 1 rings (SSSR count). The average molecular weight is 211 g/mol. The van der Waals surface area contributed by atoms with Crippen LogP contribution in [0.2, 0.25) is 0 Å². The third kappa shape index (κ3) is 4.35. The van der Waals surface area contributed by atoms with E-state index in [9.17, 15) is 0 Å². The number of ether oxygens (including phenoxy) is 1. The molecular formula is C13H25NO. The summed E-state index contributed by atoms with van der Waals surface area (Å²) < 4.78 is 5.57. The van der Waals surface area contributed by atoms with Gasteiger partial charge in [0.2, 0.25) is 0 Å².